The Hall–Kier alpha value is -3.31. The van der Waals surface area contributed by atoms with Crippen molar-refractivity contribution in [2.24, 2.45) is 4.99 Å². The summed E-state index contributed by atoms with van der Waals surface area (Å²) in [6.07, 6.45) is 2.81. The minimum atomic E-state index is -0.308. The second-order valence-corrected chi connectivity index (χ2v) is 7.04. The third-order valence-electron chi connectivity index (χ3n) is 4.60. The maximum absolute atomic E-state index is 11.9. The van der Waals surface area contributed by atoms with Crippen LogP contribution in [0.4, 0.5) is 10.6 Å². The van der Waals surface area contributed by atoms with E-state index in [1.165, 1.54) is 6.20 Å². The molecule has 1 aliphatic heterocycles. The minimum Gasteiger partial charge on any atom is -0.450 e. The molecule has 164 valence electrons. The normalized spacial score (nSPS) is 14.2. The van der Waals surface area contributed by atoms with E-state index in [0.717, 1.165) is 5.56 Å². The topological polar surface area (TPSA) is 115 Å². The number of amides is 1. The molecule has 1 amide bonds. The van der Waals surface area contributed by atoms with Gasteiger partial charge in [0.25, 0.3) is 0 Å². The average molecular weight is 444 g/mol. The zero-order chi connectivity index (χ0) is 22.1. The monoisotopic (exact) mass is 443 g/mol. The predicted octanol–water partition coefficient (Wildman–Crippen LogP) is 1.56. The Balaban J connectivity index is 1.63. The van der Waals surface area contributed by atoms with Crippen LogP contribution in [0.3, 0.4) is 0 Å². The van der Waals surface area contributed by atoms with Gasteiger partial charge in [0, 0.05) is 32.7 Å². The van der Waals surface area contributed by atoms with Crippen LogP contribution in [0, 0.1) is 0 Å². The number of aliphatic imine (C=N–C) groups is 1. The fourth-order valence-electron chi connectivity index (χ4n) is 3.01. The molecule has 1 aliphatic rings. The molecule has 1 aromatic carbocycles. The number of ether oxygens (including phenoxy) is 1. The lowest BCUT2D eigenvalue weighted by molar-refractivity contribution is 0.105. The number of benzene rings is 1. The maximum Gasteiger partial charge on any atom is 0.409 e. The molecule has 0 aliphatic carbocycles. The zero-order valence-electron chi connectivity index (χ0n) is 17.2. The van der Waals surface area contributed by atoms with Crippen molar-refractivity contribution in [2.75, 3.05) is 37.7 Å². The SMILES string of the molecule is CCOC(=O)N1CCN(c2cncc(/C(=N/C(=S)NCc3ccccc3)NO)n2)CC1. The van der Waals surface area contributed by atoms with Gasteiger partial charge in [-0.25, -0.2) is 9.78 Å². The first-order chi connectivity index (χ1) is 15.1. The summed E-state index contributed by atoms with van der Waals surface area (Å²) >= 11 is 5.25. The minimum absolute atomic E-state index is 0.0880. The summed E-state index contributed by atoms with van der Waals surface area (Å²) < 4.78 is 5.04. The smallest absolute Gasteiger partial charge is 0.409 e. The van der Waals surface area contributed by atoms with Crippen molar-refractivity contribution in [3.63, 3.8) is 0 Å². The molecule has 2 aromatic rings. The summed E-state index contributed by atoms with van der Waals surface area (Å²) in [7, 11) is 0. The van der Waals surface area contributed by atoms with Crippen LogP contribution in [-0.4, -0.2) is 69.9 Å². The van der Waals surface area contributed by atoms with Crippen molar-refractivity contribution in [3.05, 3.63) is 54.0 Å². The Bertz CT molecular complexity index is 918. The Morgan fingerprint density at radius 3 is 2.65 bits per heavy atom. The van der Waals surface area contributed by atoms with Crippen molar-refractivity contribution in [1.29, 1.82) is 0 Å². The Labute approximate surface area is 185 Å². The van der Waals surface area contributed by atoms with Gasteiger partial charge in [0.15, 0.2) is 10.9 Å². The number of carbonyl (C=O) groups is 1. The fraction of sp³-hybridized carbons (Fsp3) is 0.350. The molecule has 11 heteroatoms. The number of carbonyl (C=O) groups excluding carboxylic acids is 1. The van der Waals surface area contributed by atoms with Crippen LogP contribution in [0.5, 0.6) is 0 Å². The van der Waals surface area contributed by atoms with E-state index >= 15 is 0 Å². The Morgan fingerprint density at radius 1 is 1.23 bits per heavy atom. The molecular weight excluding hydrogens is 418 g/mol. The summed E-state index contributed by atoms with van der Waals surface area (Å²) in [5.41, 5.74) is 3.45. The number of hydroxylamine groups is 1. The number of piperazine rings is 1. The molecule has 10 nitrogen and oxygen atoms in total. The van der Waals surface area contributed by atoms with Gasteiger partial charge in [-0.3, -0.25) is 15.7 Å². The highest BCUT2D eigenvalue weighted by Gasteiger charge is 2.23. The number of amidine groups is 1. The number of nitrogens with zero attached hydrogens (tertiary/aromatic N) is 5. The summed E-state index contributed by atoms with van der Waals surface area (Å²) in [5.74, 6) is 0.706. The lowest BCUT2D eigenvalue weighted by Gasteiger charge is -2.34. The third-order valence-corrected chi connectivity index (χ3v) is 4.84. The van der Waals surface area contributed by atoms with Gasteiger partial charge < -0.3 is 19.9 Å². The van der Waals surface area contributed by atoms with Crippen molar-refractivity contribution < 1.29 is 14.7 Å². The third kappa shape index (κ3) is 6.33. The van der Waals surface area contributed by atoms with Gasteiger partial charge in [-0.1, -0.05) is 30.3 Å². The quantitative estimate of drug-likeness (QED) is 0.274. The first kappa shape index (κ1) is 22.4. The second-order valence-electron chi connectivity index (χ2n) is 6.65. The first-order valence-electron chi connectivity index (χ1n) is 9.90. The van der Waals surface area contributed by atoms with Gasteiger partial charge >= 0.3 is 6.09 Å². The molecule has 0 unspecified atom stereocenters. The van der Waals surface area contributed by atoms with Crippen LogP contribution in [0.1, 0.15) is 18.2 Å². The Morgan fingerprint density at radius 2 is 1.97 bits per heavy atom. The number of thiocarbonyl (C=S) groups is 1. The molecule has 31 heavy (non-hydrogen) atoms. The summed E-state index contributed by atoms with van der Waals surface area (Å²) in [5, 5.41) is 12.8. The molecule has 0 bridgehead atoms. The predicted molar refractivity (Wildman–Crippen MR) is 120 cm³/mol. The van der Waals surface area contributed by atoms with Gasteiger partial charge in [0.1, 0.15) is 11.5 Å². The highest BCUT2D eigenvalue weighted by atomic mass is 32.1. The van der Waals surface area contributed by atoms with Crippen LogP contribution >= 0.6 is 12.2 Å². The number of rotatable bonds is 5. The van der Waals surface area contributed by atoms with E-state index in [0.29, 0.717) is 50.8 Å². The van der Waals surface area contributed by atoms with Gasteiger partial charge in [-0.05, 0) is 24.7 Å². The van der Waals surface area contributed by atoms with Crippen molar-refractivity contribution in [1.82, 2.24) is 25.7 Å². The molecular formula is C20H25N7O3S. The average Bonchev–Trinajstić information content (AvgIpc) is 2.82. The van der Waals surface area contributed by atoms with Crippen LogP contribution in [0.15, 0.2) is 47.7 Å². The number of hydrogen-bond acceptors (Lipinski definition) is 7. The van der Waals surface area contributed by atoms with Gasteiger partial charge in [-0.15, -0.1) is 0 Å². The maximum atomic E-state index is 11.9. The van der Waals surface area contributed by atoms with Crippen molar-refractivity contribution in [2.45, 2.75) is 13.5 Å². The second kappa shape index (κ2) is 11.2. The number of hydrogen-bond donors (Lipinski definition) is 3. The first-order valence-corrected chi connectivity index (χ1v) is 10.3. The van der Waals surface area contributed by atoms with E-state index in [9.17, 15) is 10.0 Å². The van der Waals surface area contributed by atoms with Crippen LogP contribution < -0.4 is 15.7 Å². The molecule has 0 spiro atoms. The number of anilines is 1. The highest BCUT2D eigenvalue weighted by molar-refractivity contribution is 7.80. The highest BCUT2D eigenvalue weighted by Crippen LogP contribution is 2.14. The lowest BCUT2D eigenvalue weighted by atomic mass is 10.2. The number of aromatic nitrogens is 2. The van der Waals surface area contributed by atoms with Gasteiger partial charge in [0.2, 0.25) is 0 Å². The Kier molecular flexibility index (Phi) is 8.07. The van der Waals surface area contributed by atoms with Gasteiger partial charge in [0.05, 0.1) is 19.0 Å². The molecule has 1 saturated heterocycles. The number of nitrogens with one attached hydrogen (secondary N) is 2. The van der Waals surface area contributed by atoms with Crippen LogP contribution in [-0.2, 0) is 11.3 Å². The van der Waals surface area contributed by atoms with Crippen molar-refractivity contribution >= 4 is 35.1 Å². The van der Waals surface area contributed by atoms with Crippen molar-refractivity contribution in [3.8, 4) is 0 Å². The zero-order valence-corrected chi connectivity index (χ0v) is 18.0. The fourth-order valence-corrected chi connectivity index (χ4v) is 3.17. The van der Waals surface area contributed by atoms with E-state index in [4.69, 9.17) is 17.0 Å². The summed E-state index contributed by atoms with van der Waals surface area (Å²) in [6.45, 7) is 4.88. The summed E-state index contributed by atoms with van der Waals surface area (Å²) in [6, 6.07) is 9.77. The van der Waals surface area contributed by atoms with E-state index in [1.54, 1.807) is 18.0 Å². The molecule has 1 aromatic heterocycles. The van der Waals surface area contributed by atoms with E-state index in [1.807, 2.05) is 40.7 Å². The van der Waals surface area contributed by atoms with E-state index in [-0.39, 0.29) is 17.0 Å². The molecule has 2 heterocycles. The molecule has 3 N–H and O–H groups in total. The van der Waals surface area contributed by atoms with Crippen LogP contribution in [0.25, 0.3) is 0 Å². The van der Waals surface area contributed by atoms with E-state index < -0.39 is 0 Å². The van der Waals surface area contributed by atoms with E-state index in [2.05, 4.69) is 20.3 Å². The molecule has 0 radical (unpaired) electrons. The summed E-state index contributed by atoms with van der Waals surface area (Å²) in [4.78, 5) is 28.5. The standard InChI is InChI=1S/C20H25N7O3S/c1-2-30-20(28)27-10-8-26(9-11-27)17-14-21-13-16(23-17)18(25-29)24-19(31)22-12-15-6-4-3-5-7-15/h3-7,13-14,29H,2,8-12H2,1H3,(H2,22,24,25,31). The lowest BCUT2D eigenvalue weighted by Crippen LogP contribution is -2.49. The molecule has 1 fully saturated rings. The molecule has 0 atom stereocenters. The molecule has 0 saturated carbocycles. The molecule has 3 rings (SSSR count). The largest absolute Gasteiger partial charge is 0.450 e. The van der Waals surface area contributed by atoms with Crippen LogP contribution in [0.2, 0.25) is 0 Å². The van der Waals surface area contributed by atoms with Gasteiger partial charge in [-0.2, -0.15) is 4.99 Å².